The van der Waals surface area contributed by atoms with Gasteiger partial charge in [0.15, 0.2) is 0 Å². The molecule has 0 aliphatic heterocycles. The van der Waals surface area contributed by atoms with Gasteiger partial charge in [-0.2, -0.15) is 0 Å². The number of rotatable bonds is 26. The van der Waals surface area contributed by atoms with E-state index in [2.05, 4.69) is 43.5 Å². The van der Waals surface area contributed by atoms with E-state index in [0.29, 0.717) is 17.4 Å². The van der Waals surface area contributed by atoms with Gasteiger partial charge in [0.05, 0.1) is 39.9 Å². The van der Waals surface area contributed by atoms with Crippen molar-refractivity contribution in [3.8, 4) is 0 Å². The molecule has 0 fully saturated rings. The summed E-state index contributed by atoms with van der Waals surface area (Å²) in [4.78, 5) is 22.6. The lowest BCUT2D eigenvalue weighted by molar-refractivity contribution is -0.870. The maximum atomic E-state index is 12.5. The Balaban J connectivity index is 4.76. The third-order valence-corrected chi connectivity index (χ3v) is 7.32. The monoisotopic (exact) mass is 587 g/mol. The quantitative estimate of drug-likeness (QED) is 0.0443. The van der Waals surface area contributed by atoms with E-state index in [1.807, 2.05) is 27.2 Å². The minimum absolute atomic E-state index is 0.0530. The average molecular weight is 588 g/mol. The number of phosphoric acid groups is 1. The Bertz CT molecular complexity index is 763. The first-order valence-corrected chi connectivity index (χ1v) is 16.9. The van der Waals surface area contributed by atoms with Crippen LogP contribution < -0.4 is 5.32 Å². The smallest absolute Gasteiger partial charge is 0.387 e. The Hall–Kier alpha value is -1.28. The minimum Gasteiger partial charge on any atom is -0.387 e. The van der Waals surface area contributed by atoms with Gasteiger partial charge in [-0.3, -0.25) is 13.8 Å². The summed E-state index contributed by atoms with van der Waals surface area (Å²) in [7, 11) is 1.53. The van der Waals surface area contributed by atoms with Crippen molar-refractivity contribution in [1.29, 1.82) is 0 Å². The fourth-order valence-corrected chi connectivity index (χ4v) is 4.50. The summed E-state index contributed by atoms with van der Waals surface area (Å²) in [6.45, 7) is 4.61. The van der Waals surface area contributed by atoms with Crippen LogP contribution in [0.25, 0.3) is 0 Å². The molecule has 0 heterocycles. The van der Waals surface area contributed by atoms with Crippen LogP contribution in [0.3, 0.4) is 0 Å². The standard InChI is InChI=1S/C31H59N2O6P/c1-6-8-10-12-14-15-16-17-18-19-20-22-24-30(34)29(32-31(35)25-23-21-13-11-9-7-2)28-39-40(36,37)38-27-26-33(3,4)5/h12,14,17-18,22,24,29-30,34H,6-11,13,15-16,19-21,23,25-28H2,1-5H3,(H-,32,35,36,37)/p+1/b14-12+,18-17+,24-22+. The number of aliphatic hydroxyl groups excluding tert-OH is 1. The number of phosphoric ester groups is 1. The molecule has 3 unspecified atom stereocenters. The highest BCUT2D eigenvalue weighted by Gasteiger charge is 2.27. The summed E-state index contributed by atoms with van der Waals surface area (Å²) in [6.07, 6.45) is 25.2. The van der Waals surface area contributed by atoms with Crippen LogP contribution in [-0.2, 0) is 18.4 Å². The van der Waals surface area contributed by atoms with Gasteiger partial charge in [0, 0.05) is 6.42 Å². The molecule has 0 aliphatic rings. The van der Waals surface area contributed by atoms with Crippen molar-refractivity contribution in [2.75, 3.05) is 40.9 Å². The zero-order valence-corrected chi connectivity index (χ0v) is 27.0. The van der Waals surface area contributed by atoms with Crippen molar-refractivity contribution < 1.29 is 32.9 Å². The van der Waals surface area contributed by atoms with E-state index in [-0.39, 0.29) is 19.1 Å². The second-order valence-electron chi connectivity index (χ2n) is 11.5. The van der Waals surface area contributed by atoms with Crippen molar-refractivity contribution in [3.63, 3.8) is 0 Å². The number of aliphatic hydroxyl groups is 1. The van der Waals surface area contributed by atoms with Gasteiger partial charge in [-0.25, -0.2) is 4.57 Å². The molecule has 0 rings (SSSR count). The van der Waals surface area contributed by atoms with Gasteiger partial charge < -0.3 is 19.8 Å². The van der Waals surface area contributed by atoms with Crippen LogP contribution in [0.4, 0.5) is 0 Å². The highest BCUT2D eigenvalue weighted by atomic mass is 31.2. The van der Waals surface area contributed by atoms with Gasteiger partial charge in [-0.1, -0.05) is 95.2 Å². The first-order chi connectivity index (χ1) is 19.0. The van der Waals surface area contributed by atoms with Gasteiger partial charge in [-0.05, 0) is 38.5 Å². The molecular weight excluding hydrogens is 527 g/mol. The molecule has 234 valence electrons. The van der Waals surface area contributed by atoms with Crippen LogP contribution in [-0.4, -0.2) is 73.4 Å². The third-order valence-electron chi connectivity index (χ3n) is 6.34. The minimum atomic E-state index is -4.32. The number of nitrogens with zero attached hydrogens (tertiary/aromatic N) is 1. The lowest BCUT2D eigenvalue weighted by atomic mass is 10.1. The van der Waals surface area contributed by atoms with E-state index in [1.165, 1.54) is 32.1 Å². The summed E-state index contributed by atoms with van der Waals surface area (Å²) < 4.78 is 23.2. The number of likely N-dealkylation sites (N-methyl/N-ethyl adjacent to an activating group) is 1. The molecule has 3 N–H and O–H groups in total. The van der Waals surface area contributed by atoms with E-state index in [1.54, 1.807) is 6.08 Å². The zero-order valence-electron chi connectivity index (χ0n) is 26.1. The number of unbranched alkanes of at least 4 members (excludes halogenated alkanes) is 9. The Morgan fingerprint density at radius 1 is 0.825 bits per heavy atom. The fraction of sp³-hybridized carbons (Fsp3) is 0.774. The number of hydrogen-bond donors (Lipinski definition) is 3. The predicted molar refractivity (Wildman–Crippen MR) is 166 cm³/mol. The number of carbonyl (C=O) groups is 1. The highest BCUT2D eigenvalue weighted by molar-refractivity contribution is 7.47. The molecule has 0 saturated carbocycles. The Morgan fingerprint density at radius 3 is 1.98 bits per heavy atom. The van der Waals surface area contributed by atoms with Gasteiger partial charge in [0.2, 0.25) is 5.91 Å². The topological polar surface area (TPSA) is 105 Å². The van der Waals surface area contributed by atoms with E-state index in [4.69, 9.17) is 9.05 Å². The van der Waals surface area contributed by atoms with Crippen LogP contribution in [0.1, 0.15) is 104 Å². The van der Waals surface area contributed by atoms with Gasteiger partial charge in [0.25, 0.3) is 0 Å². The number of allylic oxidation sites excluding steroid dienone is 5. The van der Waals surface area contributed by atoms with E-state index < -0.39 is 20.0 Å². The molecule has 0 spiro atoms. The van der Waals surface area contributed by atoms with Gasteiger partial charge >= 0.3 is 7.82 Å². The van der Waals surface area contributed by atoms with Crippen LogP contribution >= 0.6 is 7.82 Å². The fourth-order valence-electron chi connectivity index (χ4n) is 3.76. The molecule has 0 aromatic carbocycles. The number of quaternary nitrogens is 1. The molecule has 0 aliphatic carbocycles. The maximum Gasteiger partial charge on any atom is 0.472 e. The van der Waals surface area contributed by atoms with Crippen molar-refractivity contribution in [2.24, 2.45) is 0 Å². The van der Waals surface area contributed by atoms with Crippen molar-refractivity contribution >= 4 is 13.7 Å². The molecule has 9 heteroatoms. The summed E-state index contributed by atoms with van der Waals surface area (Å²) in [6, 6.07) is -0.860. The number of carbonyl (C=O) groups excluding carboxylic acids is 1. The molecule has 0 aromatic heterocycles. The van der Waals surface area contributed by atoms with Crippen LogP contribution in [0.5, 0.6) is 0 Å². The maximum absolute atomic E-state index is 12.5. The Kier molecular flexibility index (Phi) is 23.6. The Morgan fingerprint density at radius 2 is 1.38 bits per heavy atom. The molecule has 8 nitrogen and oxygen atoms in total. The summed E-state index contributed by atoms with van der Waals surface area (Å²) in [5, 5.41) is 13.5. The first kappa shape index (κ1) is 38.7. The summed E-state index contributed by atoms with van der Waals surface area (Å²) in [5.41, 5.74) is 0. The van der Waals surface area contributed by atoms with Gasteiger partial charge in [-0.15, -0.1) is 0 Å². The summed E-state index contributed by atoms with van der Waals surface area (Å²) >= 11 is 0. The van der Waals surface area contributed by atoms with Crippen LogP contribution in [0, 0.1) is 0 Å². The third kappa shape index (κ3) is 25.7. The molecule has 0 bridgehead atoms. The lowest BCUT2D eigenvalue weighted by Gasteiger charge is -2.25. The van der Waals surface area contributed by atoms with Crippen molar-refractivity contribution in [3.05, 3.63) is 36.5 Å². The molecule has 0 saturated heterocycles. The number of amides is 1. The molecule has 1 amide bonds. The average Bonchev–Trinajstić information content (AvgIpc) is 2.88. The van der Waals surface area contributed by atoms with Crippen molar-refractivity contribution in [2.45, 2.75) is 116 Å². The molecule has 3 atom stereocenters. The van der Waals surface area contributed by atoms with Crippen LogP contribution in [0.15, 0.2) is 36.5 Å². The number of hydrogen-bond acceptors (Lipinski definition) is 5. The van der Waals surface area contributed by atoms with Crippen molar-refractivity contribution in [1.82, 2.24) is 5.32 Å². The Labute approximate surface area is 245 Å². The molecule has 0 aromatic rings. The zero-order chi connectivity index (χ0) is 30.1. The SMILES string of the molecule is CCCC/C=C/CC/C=C/CC/C=C/C(O)C(COP(=O)(O)OCC[N+](C)(C)C)NC(=O)CCCCCCCC. The molecule has 0 radical (unpaired) electrons. The molecular formula is C31H60N2O6P+. The number of nitrogens with one attached hydrogen (secondary N) is 1. The van der Waals surface area contributed by atoms with Gasteiger partial charge in [0.1, 0.15) is 13.2 Å². The normalized spacial score (nSPS) is 15.7. The highest BCUT2D eigenvalue weighted by Crippen LogP contribution is 2.43. The van der Waals surface area contributed by atoms with E-state index in [0.717, 1.165) is 51.4 Å². The van der Waals surface area contributed by atoms with Crippen LogP contribution in [0.2, 0.25) is 0 Å². The summed E-state index contributed by atoms with van der Waals surface area (Å²) in [5.74, 6) is -0.207. The van der Waals surface area contributed by atoms with E-state index in [9.17, 15) is 19.4 Å². The lowest BCUT2D eigenvalue weighted by Crippen LogP contribution is -2.45. The molecule has 40 heavy (non-hydrogen) atoms. The second kappa shape index (κ2) is 24.3. The van der Waals surface area contributed by atoms with E-state index >= 15 is 0 Å². The largest absolute Gasteiger partial charge is 0.472 e. The predicted octanol–water partition coefficient (Wildman–Crippen LogP) is 6.84. The first-order valence-electron chi connectivity index (χ1n) is 15.4. The second-order valence-corrected chi connectivity index (χ2v) is 12.9.